The van der Waals surface area contributed by atoms with Crippen molar-refractivity contribution in [3.63, 3.8) is 0 Å². The molecule has 0 unspecified atom stereocenters. The van der Waals surface area contributed by atoms with E-state index in [1.165, 1.54) is 30.3 Å². The van der Waals surface area contributed by atoms with Gasteiger partial charge in [-0.3, -0.25) is 0 Å². The van der Waals surface area contributed by atoms with Gasteiger partial charge in [0.15, 0.2) is 0 Å². The summed E-state index contributed by atoms with van der Waals surface area (Å²) >= 11 is 0. The minimum atomic E-state index is -4.88. The second kappa shape index (κ2) is 5.50. The Morgan fingerprint density at radius 3 is 2.35 bits per heavy atom. The summed E-state index contributed by atoms with van der Waals surface area (Å²) in [4.78, 5) is 0. The SMILES string of the molecule is OCc1ccc(-c2ccccc2F)cc1OC(F)(F)F. The molecule has 0 aliphatic carbocycles. The van der Waals surface area contributed by atoms with Gasteiger partial charge in [-0.2, -0.15) is 0 Å². The Bertz CT molecular complexity index is 608. The second-order valence-corrected chi connectivity index (χ2v) is 4.01. The van der Waals surface area contributed by atoms with E-state index in [0.29, 0.717) is 0 Å². The number of hydrogen-bond acceptors (Lipinski definition) is 2. The van der Waals surface area contributed by atoms with Crippen LogP contribution in [0.4, 0.5) is 17.6 Å². The molecule has 106 valence electrons. The van der Waals surface area contributed by atoms with E-state index in [-0.39, 0.29) is 16.7 Å². The van der Waals surface area contributed by atoms with E-state index in [1.807, 2.05) is 0 Å². The van der Waals surface area contributed by atoms with Gasteiger partial charge in [-0.05, 0) is 17.7 Å². The zero-order valence-electron chi connectivity index (χ0n) is 10.1. The molecule has 0 saturated heterocycles. The summed E-state index contributed by atoms with van der Waals surface area (Å²) in [5.41, 5.74) is 0.367. The molecule has 2 aromatic carbocycles. The van der Waals surface area contributed by atoms with Crippen LogP contribution >= 0.6 is 0 Å². The van der Waals surface area contributed by atoms with Crippen molar-refractivity contribution in [2.75, 3.05) is 0 Å². The van der Waals surface area contributed by atoms with E-state index in [0.717, 1.165) is 6.07 Å². The van der Waals surface area contributed by atoms with Crippen molar-refractivity contribution >= 4 is 0 Å². The second-order valence-electron chi connectivity index (χ2n) is 4.01. The standard InChI is InChI=1S/C14H10F4O2/c15-12-4-2-1-3-11(12)9-5-6-10(8-19)13(7-9)20-14(16,17)18/h1-7,19H,8H2. The third-order valence-electron chi connectivity index (χ3n) is 2.65. The smallest absolute Gasteiger partial charge is 0.405 e. The van der Waals surface area contributed by atoms with Gasteiger partial charge in [0, 0.05) is 11.1 Å². The molecule has 2 aromatic rings. The number of benzene rings is 2. The fourth-order valence-electron chi connectivity index (χ4n) is 1.77. The largest absolute Gasteiger partial charge is 0.573 e. The predicted molar refractivity (Wildman–Crippen MR) is 64.4 cm³/mol. The van der Waals surface area contributed by atoms with Crippen LogP contribution in [0.5, 0.6) is 5.75 Å². The maximum absolute atomic E-state index is 13.6. The van der Waals surface area contributed by atoms with Crippen molar-refractivity contribution in [2.24, 2.45) is 0 Å². The summed E-state index contributed by atoms with van der Waals surface area (Å²) in [6, 6.07) is 9.45. The van der Waals surface area contributed by atoms with Crippen LogP contribution in [-0.2, 0) is 6.61 Å². The average Bonchev–Trinajstić information content (AvgIpc) is 2.37. The molecule has 2 rings (SSSR count). The van der Waals surface area contributed by atoms with E-state index >= 15 is 0 Å². The lowest BCUT2D eigenvalue weighted by Crippen LogP contribution is -2.18. The fourth-order valence-corrected chi connectivity index (χ4v) is 1.77. The van der Waals surface area contributed by atoms with Gasteiger partial charge in [-0.1, -0.05) is 30.3 Å². The molecule has 2 nitrogen and oxygen atoms in total. The highest BCUT2D eigenvalue weighted by atomic mass is 19.4. The molecule has 0 amide bonds. The van der Waals surface area contributed by atoms with Crippen molar-refractivity contribution < 1.29 is 27.4 Å². The summed E-state index contributed by atoms with van der Waals surface area (Å²) < 4.78 is 54.3. The molecule has 20 heavy (non-hydrogen) atoms. The van der Waals surface area contributed by atoms with Gasteiger partial charge in [0.05, 0.1) is 6.61 Å². The summed E-state index contributed by atoms with van der Waals surface area (Å²) in [6.45, 7) is -0.608. The van der Waals surface area contributed by atoms with Crippen molar-refractivity contribution in [3.8, 4) is 16.9 Å². The molecule has 0 atom stereocenters. The molecule has 0 spiro atoms. The Morgan fingerprint density at radius 1 is 1.05 bits per heavy atom. The Hall–Kier alpha value is -2.08. The molecular formula is C14H10F4O2. The van der Waals surface area contributed by atoms with Gasteiger partial charge in [0.25, 0.3) is 0 Å². The first-order valence-corrected chi connectivity index (χ1v) is 5.65. The van der Waals surface area contributed by atoms with E-state index in [9.17, 15) is 17.6 Å². The summed E-state index contributed by atoms with van der Waals surface area (Å²) in [5, 5.41) is 9.01. The third kappa shape index (κ3) is 3.27. The molecule has 0 aromatic heterocycles. The van der Waals surface area contributed by atoms with Crippen molar-refractivity contribution in [3.05, 3.63) is 53.8 Å². The number of alkyl halides is 3. The van der Waals surface area contributed by atoms with Crippen molar-refractivity contribution in [1.82, 2.24) is 0 Å². The molecular weight excluding hydrogens is 276 g/mol. The molecule has 0 saturated carbocycles. The number of halogens is 4. The molecule has 0 fully saturated rings. The van der Waals surface area contributed by atoms with Crippen LogP contribution in [0.1, 0.15) is 5.56 Å². The lowest BCUT2D eigenvalue weighted by atomic mass is 10.0. The fraction of sp³-hybridized carbons (Fsp3) is 0.143. The Labute approximate surface area is 112 Å². The minimum Gasteiger partial charge on any atom is -0.405 e. The van der Waals surface area contributed by atoms with Crippen molar-refractivity contribution in [1.29, 1.82) is 0 Å². The highest BCUT2D eigenvalue weighted by Gasteiger charge is 2.32. The maximum Gasteiger partial charge on any atom is 0.573 e. The summed E-state index contributed by atoms with van der Waals surface area (Å²) in [7, 11) is 0. The van der Waals surface area contributed by atoms with Crippen LogP contribution in [0.25, 0.3) is 11.1 Å². The zero-order chi connectivity index (χ0) is 14.8. The lowest BCUT2D eigenvalue weighted by molar-refractivity contribution is -0.275. The van der Waals surface area contributed by atoms with Gasteiger partial charge < -0.3 is 9.84 Å². The number of aliphatic hydroxyl groups is 1. The number of hydrogen-bond donors (Lipinski definition) is 1. The molecule has 0 heterocycles. The Balaban J connectivity index is 2.47. The molecule has 0 bridgehead atoms. The maximum atomic E-state index is 13.6. The molecule has 6 heteroatoms. The minimum absolute atomic E-state index is 0.0255. The Kier molecular flexibility index (Phi) is 3.94. The van der Waals surface area contributed by atoms with Gasteiger partial charge >= 0.3 is 6.36 Å². The Morgan fingerprint density at radius 2 is 1.75 bits per heavy atom. The topological polar surface area (TPSA) is 29.5 Å². The van der Waals surface area contributed by atoms with Crippen LogP contribution in [-0.4, -0.2) is 11.5 Å². The molecule has 0 aliphatic heterocycles. The number of rotatable bonds is 3. The van der Waals surface area contributed by atoms with Gasteiger partial charge in [0.1, 0.15) is 11.6 Å². The average molecular weight is 286 g/mol. The zero-order valence-corrected chi connectivity index (χ0v) is 10.1. The summed E-state index contributed by atoms with van der Waals surface area (Å²) in [5.74, 6) is -1.09. The van der Waals surface area contributed by atoms with E-state index in [4.69, 9.17) is 5.11 Å². The number of ether oxygens (including phenoxy) is 1. The van der Waals surface area contributed by atoms with Crippen molar-refractivity contribution in [2.45, 2.75) is 13.0 Å². The molecule has 0 aliphatic rings. The van der Waals surface area contributed by atoms with Gasteiger partial charge in [-0.25, -0.2) is 4.39 Å². The van der Waals surface area contributed by atoms with Crippen LogP contribution in [0, 0.1) is 5.82 Å². The van der Waals surface area contributed by atoms with E-state index < -0.39 is 24.5 Å². The monoisotopic (exact) mass is 286 g/mol. The quantitative estimate of drug-likeness (QED) is 0.868. The first-order chi connectivity index (χ1) is 9.40. The van der Waals surface area contributed by atoms with Crippen LogP contribution in [0.2, 0.25) is 0 Å². The third-order valence-corrected chi connectivity index (χ3v) is 2.65. The van der Waals surface area contributed by atoms with Crippen LogP contribution < -0.4 is 4.74 Å². The van der Waals surface area contributed by atoms with E-state index in [1.54, 1.807) is 6.07 Å². The van der Waals surface area contributed by atoms with Gasteiger partial charge in [-0.15, -0.1) is 13.2 Å². The van der Waals surface area contributed by atoms with Gasteiger partial charge in [0.2, 0.25) is 0 Å². The first-order valence-electron chi connectivity index (χ1n) is 5.65. The molecule has 0 radical (unpaired) electrons. The van der Waals surface area contributed by atoms with Crippen LogP contribution in [0.3, 0.4) is 0 Å². The summed E-state index contributed by atoms with van der Waals surface area (Å²) in [6.07, 6.45) is -4.88. The first kappa shape index (κ1) is 14.3. The lowest BCUT2D eigenvalue weighted by Gasteiger charge is -2.14. The normalized spacial score (nSPS) is 11.4. The number of aliphatic hydroxyl groups excluding tert-OH is 1. The highest BCUT2D eigenvalue weighted by Crippen LogP contribution is 2.32. The highest BCUT2D eigenvalue weighted by molar-refractivity contribution is 5.66. The van der Waals surface area contributed by atoms with Crippen LogP contribution in [0.15, 0.2) is 42.5 Å². The predicted octanol–water partition coefficient (Wildman–Crippen LogP) is 3.88. The van der Waals surface area contributed by atoms with E-state index in [2.05, 4.69) is 4.74 Å². The molecule has 1 N–H and O–H groups in total.